The Hall–Kier alpha value is -4.19. The van der Waals surface area contributed by atoms with Gasteiger partial charge in [0.2, 0.25) is 5.91 Å². The summed E-state index contributed by atoms with van der Waals surface area (Å²) in [6.45, 7) is 0. The molecule has 5 aromatic rings. The Kier molecular flexibility index (Phi) is 5.02. The van der Waals surface area contributed by atoms with E-state index in [-0.39, 0.29) is 5.91 Å². The summed E-state index contributed by atoms with van der Waals surface area (Å²) in [7, 11) is 0. The summed E-state index contributed by atoms with van der Waals surface area (Å²) in [5, 5.41) is 7.23. The molecule has 1 amide bonds. The number of rotatable bonds is 6. The first-order valence-electron chi connectivity index (χ1n) is 10.2. The SMILES string of the molecule is O=C(CCc1nc2ccccc2n1-c1ccccc1)Nc1cccc(-n2cccn2)c1. The molecule has 5 rings (SSSR count). The van der Waals surface area contributed by atoms with Crippen LogP contribution in [0.25, 0.3) is 22.4 Å². The van der Waals surface area contributed by atoms with Crippen LogP contribution in [0.15, 0.2) is 97.3 Å². The zero-order valence-electron chi connectivity index (χ0n) is 16.8. The van der Waals surface area contributed by atoms with Crippen molar-refractivity contribution in [1.29, 1.82) is 0 Å². The molecule has 2 heterocycles. The predicted octanol–water partition coefficient (Wildman–Crippen LogP) is 4.78. The zero-order valence-corrected chi connectivity index (χ0v) is 16.8. The third kappa shape index (κ3) is 3.96. The Morgan fingerprint density at radius 1 is 0.871 bits per heavy atom. The lowest BCUT2D eigenvalue weighted by molar-refractivity contribution is -0.116. The standard InChI is InChI=1S/C25H21N5O/c31-25(27-19-8-6-11-21(18-19)29-17-7-16-26-29)15-14-24-28-22-12-4-5-13-23(22)30(24)20-9-2-1-3-10-20/h1-13,16-18H,14-15H2,(H,27,31). The molecular formula is C25H21N5O. The van der Waals surface area contributed by atoms with Crippen molar-refractivity contribution in [2.75, 3.05) is 5.32 Å². The number of imidazole rings is 1. The topological polar surface area (TPSA) is 64.7 Å². The highest BCUT2D eigenvalue weighted by Gasteiger charge is 2.14. The molecule has 0 aliphatic carbocycles. The van der Waals surface area contributed by atoms with Crippen LogP contribution < -0.4 is 5.32 Å². The van der Waals surface area contributed by atoms with Gasteiger partial charge in [0.25, 0.3) is 0 Å². The maximum atomic E-state index is 12.7. The van der Waals surface area contributed by atoms with E-state index in [9.17, 15) is 4.79 Å². The average Bonchev–Trinajstić information content (AvgIpc) is 3.46. The fourth-order valence-corrected chi connectivity index (χ4v) is 3.71. The summed E-state index contributed by atoms with van der Waals surface area (Å²) < 4.78 is 3.89. The van der Waals surface area contributed by atoms with E-state index in [1.165, 1.54) is 0 Å². The molecule has 0 aliphatic heterocycles. The van der Waals surface area contributed by atoms with Crippen molar-refractivity contribution in [3.8, 4) is 11.4 Å². The average molecular weight is 407 g/mol. The van der Waals surface area contributed by atoms with E-state index >= 15 is 0 Å². The van der Waals surface area contributed by atoms with Crippen LogP contribution >= 0.6 is 0 Å². The van der Waals surface area contributed by atoms with Crippen LogP contribution in [0.3, 0.4) is 0 Å². The van der Waals surface area contributed by atoms with Crippen LogP contribution in [0.5, 0.6) is 0 Å². The van der Waals surface area contributed by atoms with Crippen molar-refractivity contribution in [3.05, 3.63) is 103 Å². The summed E-state index contributed by atoms with van der Waals surface area (Å²) in [5.41, 5.74) is 4.64. The maximum absolute atomic E-state index is 12.7. The summed E-state index contributed by atoms with van der Waals surface area (Å²) in [6, 6.07) is 27.7. The molecule has 0 saturated carbocycles. The van der Waals surface area contributed by atoms with Gasteiger partial charge in [-0.2, -0.15) is 5.10 Å². The third-order valence-corrected chi connectivity index (χ3v) is 5.12. The summed E-state index contributed by atoms with van der Waals surface area (Å²) in [6.07, 6.45) is 4.47. The van der Waals surface area contributed by atoms with E-state index in [0.717, 1.165) is 33.9 Å². The lowest BCUT2D eigenvalue weighted by atomic mass is 10.2. The lowest BCUT2D eigenvalue weighted by Gasteiger charge is -2.10. The van der Waals surface area contributed by atoms with Gasteiger partial charge >= 0.3 is 0 Å². The van der Waals surface area contributed by atoms with Crippen LogP contribution in [0.1, 0.15) is 12.2 Å². The number of carbonyl (C=O) groups is 1. The number of hydrogen-bond donors (Lipinski definition) is 1. The number of aromatic nitrogens is 4. The highest BCUT2D eigenvalue weighted by molar-refractivity contribution is 5.91. The monoisotopic (exact) mass is 407 g/mol. The predicted molar refractivity (Wildman–Crippen MR) is 122 cm³/mol. The van der Waals surface area contributed by atoms with E-state index in [0.29, 0.717) is 12.8 Å². The first kappa shape index (κ1) is 18.8. The van der Waals surface area contributed by atoms with Gasteiger partial charge in [-0.3, -0.25) is 9.36 Å². The van der Waals surface area contributed by atoms with Gasteiger partial charge < -0.3 is 5.32 Å². The van der Waals surface area contributed by atoms with Crippen LogP contribution in [-0.4, -0.2) is 25.2 Å². The van der Waals surface area contributed by atoms with Crippen LogP contribution in [0, 0.1) is 0 Å². The quantitative estimate of drug-likeness (QED) is 0.440. The molecule has 0 radical (unpaired) electrons. The van der Waals surface area contributed by atoms with E-state index in [4.69, 9.17) is 4.98 Å². The summed E-state index contributed by atoms with van der Waals surface area (Å²) in [5.74, 6) is 0.817. The van der Waals surface area contributed by atoms with E-state index in [1.54, 1.807) is 10.9 Å². The Morgan fingerprint density at radius 2 is 1.68 bits per heavy atom. The molecule has 6 nitrogen and oxygen atoms in total. The molecule has 0 bridgehead atoms. The van der Waals surface area contributed by atoms with Crippen molar-refractivity contribution >= 4 is 22.6 Å². The second-order valence-corrected chi connectivity index (χ2v) is 7.24. The first-order chi connectivity index (χ1) is 15.3. The number of para-hydroxylation sites is 3. The zero-order chi connectivity index (χ0) is 21.0. The molecule has 0 spiro atoms. The van der Waals surface area contributed by atoms with Gasteiger partial charge in [-0.05, 0) is 48.5 Å². The Bertz CT molecular complexity index is 1320. The number of aryl methyl sites for hydroxylation is 1. The molecule has 0 saturated heterocycles. The number of nitrogens with one attached hydrogen (secondary N) is 1. The number of amides is 1. The molecule has 0 unspecified atom stereocenters. The number of hydrogen-bond acceptors (Lipinski definition) is 3. The van der Waals surface area contributed by atoms with Gasteiger partial charge in [0.1, 0.15) is 5.82 Å². The fourth-order valence-electron chi connectivity index (χ4n) is 3.71. The van der Waals surface area contributed by atoms with Gasteiger partial charge in [-0.1, -0.05) is 36.4 Å². The highest BCUT2D eigenvalue weighted by atomic mass is 16.1. The number of fused-ring (bicyclic) bond motifs is 1. The summed E-state index contributed by atoms with van der Waals surface area (Å²) in [4.78, 5) is 17.5. The van der Waals surface area contributed by atoms with Crippen molar-refractivity contribution < 1.29 is 4.79 Å². The third-order valence-electron chi connectivity index (χ3n) is 5.12. The van der Waals surface area contributed by atoms with Crippen LogP contribution in [0.2, 0.25) is 0 Å². The molecule has 0 atom stereocenters. The molecule has 0 aliphatic rings. The normalized spacial score (nSPS) is 11.0. The largest absolute Gasteiger partial charge is 0.326 e. The minimum Gasteiger partial charge on any atom is -0.326 e. The Balaban J connectivity index is 1.35. The van der Waals surface area contributed by atoms with E-state index < -0.39 is 0 Å². The second kappa shape index (κ2) is 8.28. The smallest absolute Gasteiger partial charge is 0.224 e. The van der Waals surface area contributed by atoms with E-state index in [2.05, 4.69) is 33.2 Å². The minimum absolute atomic E-state index is 0.0516. The minimum atomic E-state index is -0.0516. The maximum Gasteiger partial charge on any atom is 0.224 e. The van der Waals surface area contributed by atoms with Gasteiger partial charge in [-0.25, -0.2) is 9.67 Å². The Morgan fingerprint density at radius 3 is 2.52 bits per heavy atom. The molecule has 2 aromatic heterocycles. The molecular weight excluding hydrogens is 386 g/mol. The van der Waals surface area contributed by atoms with Gasteiger partial charge in [0.15, 0.2) is 0 Å². The molecule has 0 fully saturated rings. The molecule has 31 heavy (non-hydrogen) atoms. The van der Waals surface area contributed by atoms with Gasteiger partial charge in [0.05, 0.1) is 16.7 Å². The lowest BCUT2D eigenvalue weighted by Crippen LogP contribution is -2.14. The van der Waals surface area contributed by atoms with E-state index in [1.807, 2.05) is 72.9 Å². The molecule has 1 N–H and O–H groups in total. The van der Waals surface area contributed by atoms with Crippen molar-refractivity contribution in [1.82, 2.24) is 19.3 Å². The molecule has 3 aromatic carbocycles. The van der Waals surface area contributed by atoms with Crippen molar-refractivity contribution in [2.24, 2.45) is 0 Å². The number of nitrogens with zero attached hydrogens (tertiary/aromatic N) is 4. The molecule has 152 valence electrons. The van der Waals surface area contributed by atoms with Crippen LogP contribution in [-0.2, 0) is 11.2 Å². The number of anilines is 1. The summed E-state index contributed by atoms with van der Waals surface area (Å²) >= 11 is 0. The number of carbonyl (C=O) groups excluding carboxylic acids is 1. The van der Waals surface area contributed by atoms with Crippen LogP contribution in [0.4, 0.5) is 5.69 Å². The first-order valence-corrected chi connectivity index (χ1v) is 10.2. The Labute approximate surface area is 179 Å². The number of benzene rings is 3. The molecule has 6 heteroatoms. The highest BCUT2D eigenvalue weighted by Crippen LogP contribution is 2.22. The van der Waals surface area contributed by atoms with Crippen molar-refractivity contribution in [2.45, 2.75) is 12.8 Å². The fraction of sp³-hybridized carbons (Fsp3) is 0.0800. The van der Waals surface area contributed by atoms with Gasteiger partial charge in [-0.15, -0.1) is 0 Å². The second-order valence-electron chi connectivity index (χ2n) is 7.24. The van der Waals surface area contributed by atoms with Gasteiger partial charge in [0, 0.05) is 36.6 Å². The van der Waals surface area contributed by atoms with Crippen molar-refractivity contribution in [3.63, 3.8) is 0 Å².